The molecule has 0 fully saturated rings. The minimum absolute atomic E-state index is 0.129. The Morgan fingerprint density at radius 1 is 1.30 bits per heavy atom. The van der Waals surface area contributed by atoms with Crippen LogP contribution in [0.25, 0.3) is 0 Å². The molecule has 0 radical (unpaired) electrons. The van der Waals surface area contributed by atoms with Gasteiger partial charge in [-0.1, -0.05) is 37.0 Å². The fourth-order valence-electron chi connectivity index (χ4n) is 2.12. The van der Waals surface area contributed by atoms with Crippen LogP contribution in [0.5, 0.6) is 0 Å². The molecule has 0 unspecified atom stereocenters. The highest BCUT2D eigenvalue weighted by Gasteiger charge is 2.29. The van der Waals surface area contributed by atoms with Crippen LogP contribution in [0.1, 0.15) is 31.1 Å². The van der Waals surface area contributed by atoms with Crippen LogP contribution >= 0.6 is 23.2 Å². The van der Waals surface area contributed by atoms with E-state index in [9.17, 15) is 14.4 Å². The summed E-state index contributed by atoms with van der Waals surface area (Å²) in [5.41, 5.74) is 0.00390. The molecule has 0 spiro atoms. The van der Waals surface area contributed by atoms with E-state index < -0.39 is 36.2 Å². The second-order valence-corrected chi connectivity index (χ2v) is 6.98. The van der Waals surface area contributed by atoms with Gasteiger partial charge in [0.05, 0.1) is 16.7 Å². The van der Waals surface area contributed by atoms with Crippen molar-refractivity contribution in [3.63, 3.8) is 0 Å². The van der Waals surface area contributed by atoms with Gasteiger partial charge in [0, 0.05) is 10.7 Å². The lowest BCUT2D eigenvalue weighted by Gasteiger charge is -2.21. The third-order valence-electron chi connectivity index (χ3n) is 3.62. The molecule has 0 bridgehead atoms. The van der Waals surface area contributed by atoms with Crippen molar-refractivity contribution in [2.75, 3.05) is 6.61 Å². The van der Waals surface area contributed by atoms with Gasteiger partial charge in [0.15, 0.2) is 12.4 Å². The van der Waals surface area contributed by atoms with E-state index in [1.807, 2.05) is 0 Å². The summed E-state index contributed by atoms with van der Waals surface area (Å²) in [6.07, 6.45) is 0. The highest BCUT2D eigenvalue weighted by atomic mass is 35.5. The average Bonchev–Trinajstić information content (AvgIpc) is 2.57. The quantitative estimate of drug-likeness (QED) is 0.502. The molecule has 0 aliphatic rings. The standard InChI is InChI=1S/C18H19Cl2N3O4/c1-9(2)16(18(26)27-8-15(24)13(7-21)10(3)22)23-17(25)12-5-4-11(19)6-14(12)20/h4-6,9,13,16,22H,8H2,1-3H3,(H,23,25)/t13-,16-/m0/s1. The van der Waals surface area contributed by atoms with Crippen LogP contribution in [0, 0.1) is 28.6 Å². The van der Waals surface area contributed by atoms with E-state index in [-0.39, 0.29) is 22.2 Å². The van der Waals surface area contributed by atoms with E-state index in [0.717, 1.165) is 0 Å². The molecule has 27 heavy (non-hydrogen) atoms. The monoisotopic (exact) mass is 411 g/mol. The molecule has 2 N–H and O–H groups in total. The Hall–Kier alpha value is -2.43. The van der Waals surface area contributed by atoms with Crippen molar-refractivity contribution in [2.45, 2.75) is 26.8 Å². The number of carbonyl (C=O) groups excluding carboxylic acids is 3. The van der Waals surface area contributed by atoms with E-state index in [1.165, 1.54) is 25.1 Å². The summed E-state index contributed by atoms with van der Waals surface area (Å²) < 4.78 is 4.94. The molecule has 0 saturated heterocycles. The van der Waals surface area contributed by atoms with Crippen molar-refractivity contribution >= 4 is 46.6 Å². The Bertz CT molecular complexity index is 802. The number of esters is 1. The predicted octanol–water partition coefficient (Wildman–Crippen LogP) is 3.04. The van der Waals surface area contributed by atoms with Gasteiger partial charge < -0.3 is 15.5 Å². The molecule has 1 amide bonds. The van der Waals surface area contributed by atoms with Gasteiger partial charge in [-0.15, -0.1) is 0 Å². The number of benzene rings is 1. The zero-order valence-electron chi connectivity index (χ0n) is 15.0. The van der Waals surface area contributed by atoms with Gasteiger partial charge in [-0.3, -0.25) is 9.59 Å². The van der Waals surface area contributed by atoms with E-state index in [0.29, 0.717) is 5.02 Å². The molecule has 1 aromatic rings. The van der Waals surface area contributed by atoms with Crippen molar-refractivity contribution in [3.8, 4) is 6.07 Å². The van der Waals surface area contributed by atoms with Crippen LogP contribution in [0.15, 0.2) is 18.2 Å². The number of ether oxygens (including phenoxy) is 1. The van der Waals surface area contributed by atoms with E-state index in [4.69, 9.17) is 38.6 Å². The number of ketones is 1. The SMILES string of the molecule is CC(=N)[C@H](C#N)C(=O)COC(=O)[C@@H](NC(=O)c1ccc(Cl)cc1Cl)C(C)C. The number of hydrogen-bond acceptors (Lipinski definition) is 6. The number of carbonyl (C=O) groups is 3. The summed E-state index contributed by atoms with van der Waals surface area (Å²) in [7, 11) is 0. The molecule has 2 atom stereocenters. The second-order valence-electron chi connectivity index (χ2n) is 6.14. The van der Waals surface area contributed by atoms with Gasteiger partial charge in [-0.2, -0.15) is 5.26 Å². The molecular formula is C18H19Cl2N3O4. The molecule has 0 aromatic heterocycles. The van der Waals surface area contributed by atoms with Crippen LogP contribution < -0.4 is 5.32 Å². The molecule has 0 aliphatic heterocycles. The highest BCUT2D eigenvalue weighted by molar-refractivity contribution is 6.36. The molecule has 0 saturated carbocycles. The van der Waals surface area contributed by atoms with Crippen molar-refractivity contribution in [1.29, 1.82) is 10.7 Å². The fourth-order valence-corrected chi connectivity index (χ4v) is 2.61. The first-order valence-corrected chi connectivity index (χ1v) is 8.74. The lowest BCUT2D eigenvalue weighted by Crippen LogP contribution is -2.46. The van der Waals surface area contributed by atoms with E-state index in [1.54, 1.807) is 19.9 Å². The minimum atomic E-state index is -1.27. The van der Waals surface area contributed by atoms with Crippen LogP contribution in [-0.2, 0) is 14.3 Å². The molecule has 144 valence electrons. The van der Waals surface area contributed by atoms with Crippen LogP contribution in [0.2, 0.25) is 10.0 Å². The number of Topliss-reactive ketones (excluding diaryl/α,β-unsaturated/α-hetero) is 1. The molecule has 0 heterocycles. The van der Waals surface area contributed by atoms with Crippen LogP contribution in [-0.4, -0.2) is 36.0 Å². The number of halogens is 2. The summed E-state index contributed by atoms with van der Waals surface area (Å²) in [4.78, 5) is 36.6. The topological polar surface area (TPSA) is 120 Å². The Kier molecular flexibility index (Phi) is 8.41. The minimum Gasteiger partial charge on any atom is -0.456 e. The Morgan fingerprint density at radius 2 is 1.93 bits per heavy atom. The van der Waals surface area contributed by atoms with Crippen LogP contribution in [0.4, 0.5) is 0 Å². The van der Waals surface area contributed by atoms with Gasteiger partial charge in [-0.05, 0) is 31.0 Å². The maximum Gasteiger partial charge on any atom is 0.329 e. The van der Waals surface area contributed by atoms with Gasteiger partial charge in [-0.25, -0.2) is 4.79 Å². The van der Waals surface area contributed by atoms with E-state index in [2.05, 4.69) is 5.32 Å². The Labute approximate surface area is 167 Å². The number of hydrogen-bond donors (Lipinski definition) is 2. The van der Waals surface area contributed by atoms with Gasteiger partial charge in [0.1, 0.15) is 12.0 Å². The third kappa shape index (κ3) is 6.35. The fraction of sp³-hybridized carbons (Fsp3) is 0.389. The maximum absolute atomic E-state index is 12.4. The first kappa shape index (κ1) is 22.6. The summed E-state index contributed by atoms with van der Waals surface area (Å²) in [6, 6.07) is 4.97. The molecule has 7 nitrogen and oxygen atoms in total. The zero-order chi connectivity index (χ0) is 20.7. The van der Waals surface area contributed by atoms with Crippen molar-refractivity contribution in [3.05, 3.63) is 33.8 Å². The molecule has 1 aromatic carbocycles. The first-order valence-electron chi connectivity index (χ1n) is 7.98. The van der Waals surface area contributed by atoms with Gasteiger partial charge in [0.2, 0.25) is 0 Å². The van der Waals surface area contributed by atoms with E-state index >= 15 is 0 Å². The summed E-state index contributed by atoms with van der Waals surface area (Å²) >= 11 is 11.8. The average molecular weight is 412 g/mol. The number of rotatable bonds is 8. The normalized spacial score (nSPS) is 12.6. The van der Waals surface area contributed by atoms with Crippen molar-refractivity contribution in [2.24, 2.45) is 11.8 Å². The first-order chi connectivity index (χ1) is 12.6. The van der Waals surface area contributed by atoms with Crippen LogP contribution in [0.3, 0.4) is 0 Å². The summed E-state index contributed by atoms with van der Waals surface area (Å²) in [6.45, 7) is 4.04. The highest BCUT2D eigenvalue weighted by Crippen LogP contribution is 2.21. The molecular weight excluding hydrogens is 393 g/mol. The Balaban J connectivity index is 2.82. The summed E-state index contributed by atoms with van der Waals surface area (Å²) in [5.74, 6) is -3.72. The van der Waals surface area contributed by atoms with Crippen molar-refractivity contribution < 1.29 is 19.1 Å². The second kappa shape index (κ2) is 10.0. The lowest BCUT2D eigenvalue weighted by molar-refractivity contribution is -0.151. The summed E-state index contributed by atoms with van der Waals surface area (Å²) in [5, 5.41) is 19.3. The number of nitrogens with zero attached hydrogens (tertiary/aromatic N) is 1. The number of nitrogens with one attached hydrogen (secondary N) is 2. The lowest BCUT2D eigenvalue weighted by atomic mass is 10.0. The smallest absolute Gasteiger partial charge is 0.329 e. The molecule has 0 aliphatic carbocycles. The number of nitriles is 1. The third-order valence-corrected chi connectivity index (χ3v) is 4.17. The predicted molar refractivity (Wildman–Crippen MR) is 101 cm³/mol. The molecule has 1 rings (SSSR count). The van der Waals surface area contributed by atoms with Crippen molar-refractivity contribution in [1.82, 2.24) is 5.32 Å². The number of amides is 1. The molecule has 9 heteroatoms. The Morgan fingerprint density at radius 3 is 2.41 bits per heavy atom. The zero-order valence-corrected chi connectivity index (χ0v) is 16.5. The van der Waals surface area contributed by atoms with Gasteiger partial charge >= 0.3 is 5.97 Å². The maximum atomic E-state index is 12.4. The van der Waals surface area contributed by atoms with Gasteiger partial charge in [0.25, 0.3) is 5.91 Å². The largest absolute Gasteiger partial charge is 0.456 e.